The molecule has 15 heavy (non-hydrogen) atoms. The molecule has 1 aromatic rings. The third kappa shape index (κ3) is 3.53. The second-order valence-electron chi connectivity index (χ2n) is 3.24. The first-order valence-electron chi connectivity index (χ1n) is 4.65. The summed E-state index contributed by atoms with van der Waals surface area (Å²) < 4.78 is 10.5. The van der Waals surface area contributed by atoms with Gasteiger partial charge in [-0.3, -0.25) is 0 Å². The summed E-state index contributed by atoms with van der Waals surface area (Å²) in [6.45, 7) is 2.65. The summed E-state index contributed by atoms with van der Waals surface area (Å²) in [4.78, 5) is 10.7. The van der Waals surface area contributed by atoms with Gasteiger partial charge in [0, 0.05) is 25.2 Å². The highest BCUT2D eigenvalue weighted by atomic mass is 32.2. The van der Waals surface area contributed by atoms with Crippen molar-refractivity contribution in [3.8, 4) is 0 Å². The Morgan fingerprint density at radius 3 is 2.87 bits per heavy atom. The number of aromatic carboxylic acids is 1. The number of carboxylic acids is 1. The minimum absolute atomic E-state index is 0.289. The molecule has 4 nitrogen and oxygen atoms in total. The summed E-state index contributed by atoms with van der Waals surface area (Å²) in [6, 6.07) is 3.38. The largest absolute Gasteiger partial charge is 0.477 e. The molecule has 2 N–H and O–H groups in total. The maximum Gasteiger partial charge on any atom is 0.341 e. The average molecular weight is 228 g/mol. The normalized spacial score (nSPS) is 10.3. The Morgan fingerprint density at radius 1 is 1.53 bits per heavy atom. The molecule has 0 atom stereocenters. The second kappa shape index (κ2) is 5.72. The SMILES string of the molecule is Cc1ccc(C(=O)O)c[n+]1CCCSO. The molecule has 0 aromatic carbocycles. The lowest BCUT2D eigenvalue weighted by molar-refractivity contribution is -0.702. The molecule has 0 spiro atoms. The Morgan fingerprint density at radius 2 is 2.27 bits per heavy atom. The molecule has 0 fully saturated rings. The minimum Gasteiger partial charge on any atom is -0.477 e. The predicted octanol–water partition coefficient (Wildman–Crippen LogP) is 1.58. The monoisotopic (exact) mass is 228 g/mol. The van der Waals surface area contributed by atoms with Crippen molar-refractivity contribution in [3.63, 3.8) is 0 Å². The summed E-state index contributed by atoms with van der Waals surface area (Å²) in [7, 11) is 0. The number of carboxylic acid groups (broad SMARTS) is 1. The standard InChI is InChI=1S/C10H13NO3S/c1-8-3-4-9(10(12)13)7-11(8)5-2-6-15-14/h3-4,7H,2,5-6H2,1H3,(H-,12,13,14)/p+1. The van der Waals surface area contributed by atoms with Gasteiger partial charge in [-0.1, -0.05) is 0 Å². The topological polar surface area (TPSA) is 61.4 Å². The lowest BCUT2D eigenvalue weighted by Crippen LogP contribution is -2.38. The van der Waals surface area contributed by atoms with Crippen LogP contribution in [0.4, 0.5) is 0 Å². The van der Waals surface area contributed by atoms with Crippen molar-refractivity contribution in [2.24, 2.45) is 0 Å². The summed E-state index contributed by atoms with van der Waals surface area (Å²) in [5, 5.41) is 8.81. The number of nitrogens with zero attached hydrogens (tertiary/aromatic N) is 1. The Kier molecular flexibility index (Phi) is 4.58. The maximum atomic E-state index is 10.7. The molecule has 0 aliphatic carbocycles. The Labute approximate surface area is 92.8 Å². The van der Waals surface area contributed by atoms with Crippen LogP contribution < -0.4 is 4.57 Å². The minimum atomic E-state index is -0.916. The lowest BCUT2D eigenvalue weighted by Gasteiger charge is -2.00. The summed E-state index contributed by atoms with van der Waals surface area (Å²) in [6.07, 6.45) is 2.44. The number of hydrogen-bond acceptors (Lipinski definition) is 3. The van der Waals surface area contributed by atoms with Gasteiger partial charge in [-0.2, -0.15) is 0 Å². The van der Waals surface area contributed by atoms with E-state index in [0.29, 0.717) is 5.75 Å². The number of aryl methyl sites for hydroxylation is 2. The van der Waals surface area contributed by atoms with Crippen molar-refractivity contribution in [1.82, 2.24) is 0 Å². The third-order valence-electron chi connectivity index (χ3n) is 2.13. The van der Waals surface area contributed by atoms with E-state index in [9.17, 15) is 4.79 Å². The van der Waals surface area contributed by atoms with Gasteiger partial charge in [0.15, 0.2) is 11.9 Å². The Bertz CT molecular complexity index is 355. The maximum absolute atomic E-state index is 10.7. The van der Waals surface area contributed by atoms with Crippen molar-refractivity contribution in [1.29, 1.82) is 0 Å². The van der Waals surface area contributed by atoms with E-state index < -0.39 is 5.97 Å². The van der Waals surface area contributed by atoms with Crippen molar-refractivity contribution in [2.75, 3.05) is 5.75 Å². The first-order chi connectivity index (χ1) is 7.15. The molecule has 82 valence electrons. The summed E-state index contributed by atoms with van der Waals surface area (Å²) in [5.41, 5.74) is 1.31. The number of pyridine rings is 1. The molecule has 1 rings (SSSR count). The predicted molar refractivity (Wildman–Crippen MR) is 58.0 cm³/mol. The molecule has 1 aromatic heterocycles. The number of carbonyl (C=O) groups is 1. The third-order valence-corrected chi connectivity index (χ3v) is 2.60. The molecule has 5 heteroatoms. The molecule has 0 unspecified atom stereocenters. The van der Waals surface area contributed by atoms with E-state index in [4.69, 9.17) is 9.66 Å². The van der Waals surface area contributed by atoms with E-state index in [1.165, 1.54) is 0 Å². The van der Waals surface area contributed by atoms with Crippen LogP contribution in [-0.2, 0) is 6.54 Å². The van der Waals surface area contributed by atoms with E-state index in [1.807, 2.05) is 11.5 Å². The van der Waals surface area contributed by atoms with Crippen molar-refractivity contribution in [3.05, 3.63) is 29.6 Å². The molecule has 0 saturated carbocycles. The van der Waals surface area contributed by atoms with Crippen LogP contribution >= 0.6 is 12.0 Å². The lowest BCUT2D eigenvalue weighted by atomic mass is 10.2. The van der Waals surface area contributed by atoms with Crippen molar-refractivity contribution < 1.29 is 19.0 Å². The van der Waals surface area contributed by atoms with Gasteiger partial charge in [-0.05, 0) is 18.1 Å². The summed E-state index contributed by atoms with van der Waals surface area (Å²) >= 11 is 0.808. The van der Waals surface area contributed by atoms with Gasteiger partial charge in [0.25, 0.3) is 0 Å². The average Bonchev–Trinajstić information content (AvgIpc) is 2.20. The first-order valence-corrected chi connectivity index (χ1v) is 5.59. The molecular formula is C10H14NO3S+. The van der Waals surface area contributed by atoms with Gasteiger partial charge in [0.1, 0.15) is 12.1 Å². The zero-order valence-electron chi connectivity index (χ0n) is 8.51. The van der Waals surface area contributed by atoms with E-state index in [0.717, 1.165) is 30.7 Å². The van der Waals surface area contributed by atoms with E-state index >= 15 is 0 Å². The second-order valence-corrected chi connectivity index (χ2v) is 3.91. The van der Waals surface area contributed by atoms with Crippen LogP contribution in [0.1, 0.15) is 22.5 Å². The molecule has 0 bridgehead atoms. The first kappa shape index (κ1) is 12.0. The van der Waals surface area contributed by atoms with Gasteiger partial charge in [0.05, 0.1) is 0 Å². The highest BCUT2D eigenvalue weighted by Gasteiger charge is 2.11. The molecule has 0 saturated heterocycles. The zero-order chi connectivity index (χ0) is 11.3. The van der Waals surface area contributed by atoms with Crippen LogP contribution in [-0.4, -0.2) is 21.4 Å². The van der Waals surface area contributed by atoms with Crippen LogP contribution in [0.25, 0.3) is 0 Å². The zero-order valence-corrected chi connectivity index (χ0v) is 9.33. The van der Waals surface area contributed by atoms with Crippen LogP contribution in [0.3, 0.4) is 0 Å². The molecule has 0 aliphatic heterocycles. The Balaban J connectivity index is 2.76. The van der Waals surface area contributed by atoms with Crippen molar-refractivity contribution in [2.45, 2.75) is 19.9 Å². The van der Waals surface area contributed by atoms with E-state index in [1.54, 1.807) is 18.3 Å². The van der Waals surface area contributed by atoms with Gasteiger partial charge in [-0.15, -0.1) is 0 Å². The number of hydrogen-bond donors (Lipinski definition) is 2. The molecule has 0 aliphatic rings. The van der Waals surface area contributed by atoms with Crippen LogP contribution in [0, 0.1) is 6.92 Å². The van der Waals surface area contributed by atoms with Crippen LogP contribution in [0.2, 0.25) is 0 Å². The van der Waals surface area contributed by atoms with Crippen molar-refractivity contribution >= 4 is 18.0 Å². The molecular weight excluding hydrogens is 214 g/mol. The number of rotatable bonds is 5. The smallest absolute Gasteiger partial charge is 0.341 e. The van der Waals surface area contributed by atoms with Crippen LogP contribution in [0.5, 0.6) is 0 Å². The highest BCUT2D eigenvalue weighted by molar-refractivity contribution is 7.93. The van der Waals surface area contributed by atoms with Gasteiger partial charge >= 0.3 is 5.97 Å². The molecule has 0 amide bonds. The fourth-order valence-corrected chi connectivity index (χ4v) is 1.54. The van der Waals surface area contributed by atoms with E-state index in [2.05, 4.69) is 0 Å². The quantitative estimate of drug-likeness (QED) is 0.456. The fourth-order valence-electron chi connectivity index (χ4n) is 1.29. The van der Waals surface area contributed by atoms with Gasteiger partial charge < -0.3 is 9.66 Å². The van der Waals surface area contributed by atoms with Crippen LogP contribution in [0.15, 0.2) is 18.3 Å². The highest BCUT2D eigenvalue weighted by Crippen LogP contribution is 2.00. The van der Waals surface area contributed by atoms with Gasteiger partial charge in [0.2, 0.25) is 0 Å². The molecule has 1 heterocycles. The Hall–Kier alpha value is -1.07. The fraction of sp³-hybridized carbons (Fsp3) is 0.400. The molecule has 0 radical (unpaired) electrons. The van der Waals surface area contributed by atoms with Gasteiger partial charge in [-0.25, -0.2) is 9.36 Å². The summed E-state index contributed by atoms with van der Waals surface area (Å²) in [5.74, 6) is -0.260. The number of aromatic nitrogens is 1. The van der Waals surface area contributed by atoms with E-state index in [-0.39, 0.29) is 5.56 Å².